The number of hydrogen-bond donors (Lipinski definition) is 6. The third kappa shape index (κ3) is 7.05. The molecule has 0 saturated heterocycles. The first-order valence-electron chi connectivity index (χ1n) is 6.65. The van der Waals surface area contributed by atoms with E-state index in [0.717, 1.165) is 0 Å². The summed E-state index contributed by atoms with van der Waals surface area (Å²) in [7, 11) is 1.67. The van der Waals surface area contributed by atoms with Gasteiger partial charge in [-0.3, -0.25) is 20.3 Å². The van der Waals surface area contributed by atoms with Crippen molar-refractivity contribution in [1.82, 2.24) is 16.0 Å². The van der Waals surface area contributed by atoms with Crippen molar-refractivity contribution in [3.05, 3.63) is 0 Å². The van der Waals surface area contributed by atoms with Crippen molar-refractivity contribution in [2.75, 3.05) is 13.6 Å². The maximum Gasteiger partial charge on any atom is 0.243 e. The molecule has 0 radical (unpaired) electrons. The van der Waals surface area contributed by atoms with Gasteiger partial charge in [0, 0.05) is 6.54 Å². The van der Waals surface area contributed by atoms with Crippen LogP contribution in [0.3, 0.4) is 0 Å². The summed E-state index contributed by atoms with van der Waals surface area (Å²) in [6.45, 7) is 4.13. The minimum Gasteiger partial charge on any atom is -0.368 e. The molecule has 0 aliphatic carbocycles. The van der Waals surface area contributed by atoms with Crippen molar-refractivity contribution in [2.24, 2.45) is 17.4 Å². The van der Waals surface area contributed by atoms with Gasteiger partial charge in [0.25, 0.3) is 0 Å². The fourth-order valence-electron chi connectivity index (χ4n) is 1.50. The van der Waals surface area contributed by atoms with Gasteiger partial charge in [-0.15, -0.1) is 0 Å². The maximum atomic E-state index is 11.6. The van der Waals surface area contributed by atoms with E-state index < -0.39 is 11.9 Å². The van der Waals surface area contributed by atoms with Crippen molar-refractivity contribution in [2.45, 2.75) is 38.8 Å². The summed E-state index contributed by atoms with van der Waals surface area (Å²) in [5, 5.41) is 15.5. The summed E-state index contributed by atoms with van der Waals surface area (Å²) < 4.78 is 0. The molecule has 8 heteroatoms. The van der Waals surface area contributed by atoms with Gasteiger partial charge in [0.15, 0.2) is 5.96 Å². The number of carbonyl (C=O) groups is 2. The molecule has 0 aromatic rings. The number of rotatable bonds is 8. The van der Waals surface area contributed by atoms with Crippen LogP contribution in [0.15, 0.2) is 0 Å². The largest absolute Gasteiger partial charge is 0.368 e. The zero-order valence-corrected chi connectivity index (χ0v) is 12.3. The second kappa shape index (κ2) is 9.27. The number of guanidine groups is 1. The average molecular weight is 286 g/mol. The minimum absolute atomic E-state index is 0.00903. The van der Waals surface area contributed by atoms with Gasteiger partial charge in [0.2, 0.25) is 11.8 Å². The molecule has 20 heavy (non-hydrogen) atoms. The summed E-state index contributed by atoms with van der Waals surface area (Å²) in [5.74, 6) is -0.873. The van der Waals surface area contributed by atoms with Crippen molar-refractivity contribution in [1.29, 1.82) is 5.41 Å². The number of likely N-dealkylation sites (N-methyl/N-ethyl adjacent to an activating group) is 1. The molecule has 0 aromatic heterocycles. The highest BCUT2D eigenvalue weighted by atomic mass is 16.2. The molecule has 2 amide bonds. The third-order valence-electron chi connectivity index (χ3n) is 2.93. The van der Waals surface area contributed by atoms with E-state index in [1.54, 1.807) is 7.05 Å². The second-order valence-corrected chi connectivity index (χ2v) is 4.95. The van der Waals surface area contributed by atoms with E-state index in [1.165, 1.54) is 0 Å². The standard InChI is InChI=1S/C12H26N6O2/c1-7(2)9(13)11(20)18-12(15)17-6-4-5-8(16-3)10(14)19/h7-9,16H,4-6,13H2,1-3H3,(H2,14,19)(H3,15,17,18,20)/t8-,9-/m0/s1. The summed E-state index contributed by atoms with van der Waals surface area (Å²) in [6.07, 6.45) is 1.20. The van der Waals surface area contributed by atoms with Crippen LogP contribution in [-0.4, -0.2) is 43.5 Å². The first-order valence-corrected chi connectivity index (χ1v) is 6.65. The van der Waals surface area contributed by atoms with E-state index in [0.29, 0.717) is 19.4 Å². The average Bonchev–Trinajstić information content (AvgIpc) is 2.36. The van der Waals surface area contributed by atoms with Gasteiger partial charge >= 0.3 is 0 Å². The van der Waals surface area contributed by atoms with Crippen molar-refractivity contribution >= 4 is 17.8 Å². The Morgan fingerprint density at radius 1 is 1.30 bits per heavy atom. The molecule has 2 atom stereocenters. The number of hydrogen-bond acceptors (Lipinski definition) is 5. The molecule has 0 heterocycles. The summed E-state index contributed by atoms with van der Waals surface area (Å²) in [6, 6.07) is -1.02. The Kier molecular flexibility index (Phi) is 8.49. The van der Waals surface area contributed by atoms with E-state index in [4.69, 9.17) is 16.9 Å². The highest BCUT2D eigenvalue weighted by Gasteiger charge is 2.18. The number of amides is 2. The Hall–Kier alpha value is -1.67. The van der Waals surface area contributed by atoms with Gasteiger partial charge in [-0.05, 0) is 25.8 Å². The van der Waals surface area contributed by atoms with Crippen molar-refractivity contribution < 1.29 is 9.59 Å². The molecule has 0 rings (SSSR count). The van der Waals surface area contributed by atoms with E-state index in [-0.39, 0.29) is 23.8 Å². The molecule has 8 N–H and O–H groups in total. The predicted molar refractivity (Wildman–Crippen MR) is 78.0 cm³/mol. The zero-order valence-electron chi connectivity index (χ0n) is 12.3. The summed E-state index contributed by atoms with van der Waals surface area (Å²) >= 11 is 0. The Bertz CT molecular complexity index is 345. The molecule has 0 fully saturated rings. The fourth-order valence-corrected chi connectivity index (χ4v) is 1.50. The lowest BCUT2D eigenvalue weighted by molar-refractivity contribution is -0.122. The monoisotopic (exact) mass is 286 g/mol. The molecule has 0 saturated carbocycles. The third-order valence-corrected chi connectivity index (χ3v) is 2.93. The fraction of sp³-hybridized carbons (Fsp3) is 0.750. The van der Waals surface area contributed by atoms with Gasteiger partial charge in [0.05, 0.1) is 12.1 Å². The molecule has 0 aliphatic heterocycles. The van der Waals surface area contributed by atoms with Crippen molar-refractivity contribution in [3.8, 4) is 0 Å². The zero-order chi connectivity index (χ0) is 15.7. The molecule has 0 aromatic carbocycles. The van der Waals surface area contributed by atoms with Gasteiger partial charge in [0.1, 0.15) is 0 Å². The predicted octanol–water partition coefficient (Wildman–Crippen LogP) is -1.54. The van der Waals surface area contributed by atoms with Crippen LogP contribution in [0.2, 0.25) is 0 Å². The lowest BCUT2D eigenvalue weighted by Crippen LogP contribution is -2.50. The first kappa shape index (κ1) is 18.3. The summed E-state index contributed by atoms with van der Waals surface area (Å²) in [5.41, 5.74) is 10.8. The van der Waals surface area contributed by atoms with Crippen LogP contribution >= 0.6 is 0 Å². The number of primary amides is 1. The smallest absolute Gasteiger partial charge is 0.243 e. The number of nitrogens with two attached hydrogens (primary N) is 2. The summed E-state index contributed by atoms with van der Waals surface area (Å²) in [4.78, 5) is 22.6. The molecular weight excluding hydrogens is 260 g/mol. The normalized spacial score (nSPS) is 13.7. The molecule has 0 aliphatic rings. The molecule has 8 nitrogen and oxygen atoms in total. The Morgan fingerprint density at radius 3 is 2.35 bits per heavy atom. The van der Waals surface area contributed by atoms with Crippen molar-refractivity contribution in [3.63, 3.8) is 0 Å². The Morgan fingerprint density at radius 2 is 1.90 bits per heavy atom. The lowest BCUT2D eigenvalue weighted by Gasteiger charge is -2.16. The van der Waals surface area contributed by atoms with E-state index in [1.807, 2.05) is 13.8 Å². The van der Waals surface area contributed by atoms with Gasteiger partial charge in [-0.2, -0.15) is 0 Å². The molecular formula is C12H26N6O2. The van der Waals surface area contributed by atoms with Crippen LogP contribution < -0.4 is 27.4 Å². The van der Waals surface area contributed by atoms with Gasteiger partial charge < -0.3 is 22.1 Å². The maximum absolute atomic E-state index is 11.6. The number of carbonyl (C=O) groups excluding carboxylic acids is 2. The number of nitrogens with one attached hydrogen (secondary N) is 4. The minimum atomic E-state index is -0.638. The van der Waals surface area contributed by atoms with E-state index in [9.17, 15) is 9.59 Å². The topological polar surface area (TPSA) is 146 Å². The molecule has 116 valence electrons. The Balaban J connectivity index is 3.90. The lowest BCUT2D eigenvalue weighted by atomic mass is 10.1. The highest BCUT2D eigenvalue weighted by molar-refractivity contribution is 5.97. The second-order valence-electron chi connectivity index (χ2n) is 4.95. The highest BCUT2D eigenvalue weighted by Crippen LogP contribution is 1.97. The van der Waals surface area contributed by atoms with Crippen LogP contribution in [0, 0.1) is 11.3 Å². The van der Waals surface area contributed by atoms with E-state index in [2.05, 4.69) is 16.0 Å². The van der Waals surface area contributed by atoms with Crippen LogP contribution in [0.4, 0.5) is 0 Å². The van der Waals surface area contributed by atoms with Gasteiger partial charge in [-0.1, -0.05) is 13.8 Å². The quantitative estimate of drug-likeness (QED) is 0.182. The van der Waals surface area contributed by atoms with Crippen LogP contribution in [-0.2, 0) is 9.59 Å². The van der Waals surface area contributed by atoms with Crippen LogP contribution in [0.1, 0.15) is 26.7 Å². The SMILES string of the molecule is CN[C@@H](CCCNC(=N)NC(=O)[C@@H](N)C(C)C)C(N)=O. The first-order chi connectivity index (χ1) is 9.29. The van der Waals surface area contributed by atoms with Crippen LogP contribution in [0.25, 0.3) is 0 Å². The molecule has 0 spiro atoms. The molecule has 0 bridgehead atoms. The van der Waals surface area contributed by atoms with Gasteiger partial charge in [-0.25, -0.2) is 0 Å². The molecule has 0 unspecified atom stereocenters. The van der Waals surface area contributed by atoms with Crippen LogP contribution in [0.5, 0.6) is 0 Å². The van der Waals surface area contributed by atoms with E-state index >= 15 is 0 Å². The Labute approximate surface area is 119 Å².